The average molecular weight is 526 g/mol. The molecule has 0 bridgehead atoms. The highest BCUT2D eigenvalue weighted by atomic mass is 32.2. The lowest BCUT2D eigenvalue weighted by Crippen LogP contribution is -2.52. The maximum Gasteiger partial charge on any atom is 0.264 e. The minimum atomic E-state index is -4.17. The zero-order valence-electron chi connectivity index (χ0n) is 21.2. The number of halogens is 1. The number of carbonyl (C=O) groups is 2. The molecule has 196 valence electrons. The number of hydrogen-bond donors (Lipinski definition) is 1. The first-order valence-corrected chi connectivity index (χ1v) is 13.5. The van der Waals surface area contributed by atoms with Gasteiger partial charge in [0.2, 0.25) is 11.8 Å². The highest BCUT2D eigenvalue weighted by molar-refractivity contribution is 7.92. The molecule has 0 aliphatic carbocycles. The van der Waals surface area contributed by atoms with E-state index in [9.17, 15) is 22.4 Å². The molecule has 3 aromatic rings. The summed E-state index contributed by atoms with van der Waals surface area (Å²) in [4.78, 5) is 28.1. The second-order valence-electron chi connectivity index (χ2n) is 8.80. The maximum atomic E-state index is 13.7. The second-order valence-corrected chi connectivity index (χ2v) is 10.7. The van der Waals surface area contributed by atoms with Crippen LogP contribution in [0, 0.1) is 5.82 Å². The summed E-state index contributed by atoms with van der Waals surface area (Å²) in [6.07, 6.45) is 0.721. The normalized spacial score (nSPS) is 12.9. The van der Waals surface area contributed by atoms with E-state index in [-0.39, 0.29) is 29.1 Å². The summed E-state index contributed by atoms with van der Waals surface area (Å²) < 4.78 is 41.8. The SMILES string of the molecule is CC[C@@H](C)NC(=O)[C@@H](C)N(Cc1ccccc1)C(=O)CN(c1ccc(F)cc1)S(=O)(=O)c1ccccc1. The molecule has 2 atom stereocenters. The van der Waals surface area contributed by atoms with Crippen molar-refractivity contribution < 1.29 is 22.4 Å². The zero-order chi connectivity index (χ0) is 27.0. The molecule has 7 nitrogen and oxygen atoms in total. The number of sulfonamides is 1. The summed E-state index contributed by atoms with van der Waals surface area (Å²) in [6, 6.07) is 20.8. The van der Waals surface area contributed by atoms with Crippen LogP contribution in [0.25, 0.3) is 0 Å². The molecule has 2 amide bonds. The molecule has 0 fully saturated rings. The van der Waals surface area contributed by atoms with Crippen molar-refractivity contribution in [2.45, 2.75) is 50.7 Å². The van der Waals surface area contributed by atoms with E-state index in [4.69, 9.17) is 0 Å². The molecule has 0 radical (unpaired) electrons. The van der Waals surface area contributed by atoms with E-state index in [1.807, 2.05) is 44.2 Å². The predicted octanol–water partition coefficient (Wildman–Crippen LogP) is 4.35. The molecule has 0 heterocycles. The molecule has 0 saturated heterocycles. The van der Waals surface area contributed by atoms with Crippen molar-refractivity contribution in [3.8, 4) is 0 Å². The van der Waals surface area contributed by atoms with Crippen LogP contribution in [0.1, 0.15) is 32.8 Å². The first-order valence-electron chi connectivity index (χ1n) is 12.1. The summed E-state index contributed by atoms with van der Waals surface area (Å²) in [5, 5.41) is 2.89. The van der Waals surface area contributed by atoms with Gasteiger partial charge in [0.15, 0.2) is 0 Å². The second kappa shape index (κ2) is 12.5. The highest BCUT2D eigenvalue weighted by Gasteiger charge is 2.32. The summed E-state index contributed by atoms with van der Waals surface area (Å²) in [5.41, 5.74) is 0.924. The molecular weight excluding hydrogens is 493 g/mol. The van der Waals surface area contributed by atoms with Crippen molar-refractivity contribution in [1.29, 1.82) is 0 Å². The first-order chi connectivity index (χ1) is 17.6. The van der Waals surface area contributed by atoms with Crippen LogP contribution in [0.15, 0.2) is 89.8 Å². The van der Waals surface area contributed by atoms with Crippen LogP contribution in [0.5, 0.6) is 0 Å². The number of rotatable bonds is 11. The number of benzene rings is 3. The van der Waals surface area contributed by atoms with E-state index in [2.05, 4.69) is 5.32 Å². The standard InChI is InChI=1S/C28H32FN3O4S/c1-4-21(2)30-28(34)22(3)31(19-23-11-7-5-8-12-23)27(33)20-32(25-17-15-24(29)16-18-25)37(35,36)26-13-9-6-10-14-26/h5-18,21-22H,4,19-20H2,1-3H3,(H,30,34)/t21-,22-/m1/s1. The minimum Gasteiger partial charge on any atom is -0.352 e. The predicted molar refractivity (Wildman–Crippen MR) is 142 cm³/mol. The molecule has 37 heavy (non-hydrogen) atoms. The van der Waals surface area contributed by atoms with E-state index < -0.39 is 34.3 Å². The number of hydrogen-bond acceptors (Lipinski definition) is 4. The van der Waals surface area contributed by atoms with Gasteiger partial charge in [0.25, 0.3) is 10.0 Å². The van der Waals surface area contributed by atoms with Crippen LogP contribution >= 0.6 is 0 Å². The van der Waals surface area contributed by atoms with E-state index in [0.29, 0.717) is 0 Å². The molecule has 0 aliphatic heterocycles. The van der Waals surface area contributed by atoms with Gasteiger partial charge in [0.1, 0.15) is 18.4 Å². The molecule has 3 aromatic carbocycles. The molecular formula is C28H32FN3O4S. The topological polar surface area (TPSA) is 86.8 Å². The smallest absolute Gasteiger partial charge is 0.264 e. The Labute approximate surface area is 218 Å². The van der Waals surface area contributed by atoms with Gasteiger partial charge in [-0.1, -0.05) is 55.5 Å². The highest BCUT2D eigenvalue weighted by Crippen LogP contribution is 2.25. The molecule has 0 aliphatic rings. The van der Waals surface area contributed by atoms with Gasteiger partial charge in [0, 0.05) is 12.6 Å². The van der Waals surface area contributed by atoms with E-state index in [0.717, 1.165) is 28.4 Å². The summed E-state index contributed by atoms with van der Waals surface area (Å²) >= 11 is 0. The average Bonchev–Trinajstić information content (AvgIpc) is 2.91. The van der Waals surface area contributed by atoms with Gasteiger partial charge in [0.05, 0.1) is 10.6 Å². The number of nitrogens with one attached hydrogen (secondary N) is 1. The van der Waals surface area contributed by atoms with Gasteiger partial charge in [-0.2, -0.15) is 0 Å². The van der Waals surface area contributed by atoms with Crippen molar-refractivity contribution in [2.75, 3.05) is 10.8 Å². The van der Waals surface area contributed by atoms with Crippen molar-refractivity contribution in [1.82, 2.24) is 10.2 Å². The van der Waals surface area contributed by atoms with Gasteiger partial charge >= 0.3 is 0 Å². The minimum absolute atomic E-state index is 0.00991. The molecule has 3 rings (SSSR count). The molecule has 0 spiro atoms. The van der Waals surface area contributed by atoms with Crippen LogP contribution in [0.4, 0.5) is 10.1 Å². The molecule has 0 aromatic heterocycles. The lowest BCUT2D eigenvalue weighted by Gasteiger charge is -2.32. The van der Waals surface area contributed by atoms with Crippen molar-refractivity contribution >= 4 is 27.5 Å². The Kier molecular flexibility index (Phi) is 9.41. The van der Waals surface area contributed by atoms with Crippen molar-refractivity contribution in [3.05, 3.63) is 96.3 Å². The van der Waals surface area contributed by atoms with Gasteiger partial charge < -0.3 is 10.2 Å². The van der Waals surface area contributed by atoms with Crippen LogP contribution in [-0.4, -0.2) is 43.8 Å². The Hall–Kier alpha value is -3.72. The zero-order valence-corrected chi connectivity index (χ0v) is 22.0. The summed E-state index contributed by atoms with van der Waals surface area (Å²) in [5.74, 6) is -1.44. The number of nitrogens with zero attached hydrogens (tertiary/aromatic N) is 2. The Bertz CT molecular complexity index is 1290. The Morgan fingerprint density at radius 2 is 1.46 bits per heavy atom. The monoisotopic (exact) mass is 525 g/mol. The van der Waals surface area contributed by atoms with E-state index in [1.54, 1.807) is 25.1 Å². The summed E-state index contributed by atoms with van der Waals surface area (Å²) in [7, 11) is -4.17. The van der Waals surface area contributed by atoms with Crippen LogP contribution < -0.4 is 9.62 Å². The van der Waals surface area contributed by atoms with E-state index >= 15 is 0 Å². The van der Waals surface area contributed by atoms with Gasteiger partial charge in [-0.25, -0.2) is 12.8 Å². The Morgan fingerprint density at radius 3 is 2.03 bits per heavy atom. The molecule has 1 N–H and O–H groups in total. The fourth-order valence-corrected chi connectivity index (χ4v) is 5.12. The Morgan fingerprint density at radius 1 is 0.892 bits per heavy atom. The number of anilines is 1. The molecule has 0 unspecified atom stereocenters. The van der Waals surface area contributed by atoms with Crippen LogP contribution in [0.2, 0.25) is 0 Å². The van der Waals surface area contributed by atoms with Gasteiger partial charge in [-0.3, -0.25) is 13.9 Å². The van der Waals surface area contributed by atoms with Crippen molar-refractivity contribution in [3.63, 3.8) is 0 Å². The third-order valence-corrected chi connectivity index (χ3v) is 7.88. The lowest BCUT2D eigenvalue weighted by molar-refractivity contribution is -0.139. The number of carbonyl (C=O) groups excluding carboxylic acids is 2. The lowest BCUT2D eigenvalue weighted by atomic mass is 10.1. The summed E-state index contributed by atoms with van der Waals surface area (Å²) in [6.45, 7) is 4.97. The van der Waals surface area contributed by atoms with Gasteiger partial charge in [-0.05, 0) is 62.2 Å². The molecule has 0 saturated carbocycles. The first kappa shape index (κ1) is 27.9. The fraction of sp³-hybridized carbons (Fsp3) is 0.286. The quantitative estimate of drug-likeness (QED) is 0.403. The van der Waals surface area contributed by atoms with Crippen LogP contribution in [0.3, 0.4) is 0 Å². The Balaban J connectivity index is 1.99. The van der Waals surface area contributed by atoms with Crippen LogP contribution in [-0.2, 0) is 26.2 Å². The van der Waals surface area contributed by atoms with Gasteiger partial charge in [-0.15, -0.1) is 0 Å². The maximum absolute atomic E-state index is 13.7. The van der Waals surface area contributed by atoms with Crippen molar-refractivity contribution in [2.24, 2.45) is 0 Å². The third-order valence-electron chi connectivity index (χ3n) is 6.09. The van der Waals surface area contributed by atoms with E-state index in [1.165, 1.54) is 29.2 Å². The third kappa shape index (κ3) is 7.16. The molecule has 9 heteroatoms. The fourth-order valence-electron chi connectivity index (χ4n) is 3.68. The largest absolute Gasteiger partial charge is 0.352 e. The number of amides is 2.